The van der Waals surface area contributed by atoms with Gasteiger partial charge in [0, 0.05) is 19.5 Å². The number of carbonyl (C=O) groups is 2. The highest BCUT2D eigenvalue weighted by Crippen LogP contribution is 2.39. The van der Waals surface area contributed by atoms with Crippen LogP contribution in [0.4, 0.5) is 4.79 Å². The van der Waals surface area contributed by atoms with Crippen LogP contribution in [0.2, 0.25) is 0 Å². The van der Waals surface area contributed by atoms with E-state index in [2.05, 4.69) is 6.58 Å². The van der Waals surface area contributed by atoms with Crippen molar-refractivity contribution in [2.45, 2.75) is 72.2 Å². The molecule has 8 nitrogen and oxygen atoms in total. The normalized spacial score (nSPS) is 18.8. The van der Waals surface area contributed by atoms with Crippen molar-refractivity contribution in [3.05, 3.63) is 35.6 Å². The van der Waals surface area contributed by atoms with Gasteiger partial charge in [-0.1, -0.05) is 6.58 Å². The zero-order valence-electron chi connectivity index (χ0n) is 19.6. The molecule has 0 aromatic rings. The highest BCUT2D eigenvalue weighted by atomic mass is 16.7. The van der Waals surface area contributed by atoms with Crippen LogP contribution in [-0.2, 0) is 23.6 Å². The minimum absolute atomic E-state index is 0.102. The lowest BCUT2D eigenvalue weighted by atomic mass is 9.78. The lowest BCUT2D eigenvalue weighted by molar-refractivity contribution is -0.139. The van der Waals surface area contributed by atoms with E-state index in [9.17, 15) is 9.59 Å². The van der Waals surface area contributed by atoms with Gasteiger partial charge in [-0.05, 0) is 66.2 Å². The van der Waals surface area contributed by atoms with Gasteiger partial charge in [-0.3, -0.25) is 9.69 Å². The smallest absolute Gasteiger partial charge is 0.461 e. The molecule has 0 aromatic heterocycles. The molecule has 0 unspecified atom stereocenters. The molecule has 0 saturated carbocycles. The minimum Gasteiger partial charge on any atom is -0.461 e. The first-order chi connectivity index (χ1) is 13.5. The van der Waals surface area contributed by atoms with Crippen molar-refractivity contribution in [3.8, 4) is 0 Å². The minimum atomic E-state index is -0.747. The summed E-state index contributed by atoms with van der Waals surface area (Å²) in [6.07, 6.45) is 2.38. The van der Waals surface area contributed by atoms with Gasteiger partial charge in [0.05, 0.1) is 16.9 Å². The molecule has 0 spiro atoms. The number of carbonyl (C=O) groups excluding carboxylic acids is 2. The summed E-state index contributed by atoms with van der Waals surface area (Å²) >= 11 is 0. The fourth-order valence-corrected chi connectivity index (χ4v) is 2.46. The largest absolute Gasteiger partial charge is 0.496 e. The van der Waals surface area contributed by atoms with Crippen molar-refractivity contribution in [1.82, 2.24) is 4.90 Å². The van der Waals surface area contributed by atoms with E-state index >= 15 is 0 Å². The predicted molar refractivity (Wildman–Crippen MR) is 116 cm³/mol. The van der Waals surface area contributed by atoms with E-state index in [1.807, 2.05) is 27.7 Å². The van der Waals surface area contributed by atoms with Crippen LogP contribution in [0.5, 0.6) is 0 Å². The number of allylic oxidation sites excluding steroid dienone is 2. The van der Waals surface area contributed by atoms with Crippen molar-refractivity contribution >= 4 is 19.2 Å². The lowest BCUT2D eigenvalue weighted by Gasteiger charge is -2.32. The number of hydrogen-bond acceptors (Lipinski definition) is 7. The molecule has 1 fully saturated rings. The molecule has 1 rings (SSSR count). The van der Waals surface area contributed by atoms with E-state index in [1.165, 1.54) is 25.1 Å². The highest BCUT2D eigenvalue weighted by Gasteiger charge is 2.52. The second kappa shape index (κ2) is 9.26. The van der Waals surface area contributed by atoms with Gasteiger partial charge < -0.3 is 24.5 Å². The van der Waals surface area contributed by atoms with Gasteiger partial charge in [-0.2, -0.15) is 0 Å². The summed E-state index contributed by atoms with van der Waals surface area (Å²) < 4.78 is 22.6. The third-order valence-corrected chi connectivity index (χ3v) is 4.86. The first kappa shape index (κ1) is 25.8. The summed E-state index contributed by atoms with van der Waals surface area (Å²) in [6, 6.07) is 0. The Hall–Kier alpha value is -2.26. The number of likely N-dealkylation sites (N-methyl/N-ethyl adjacent to an activating group) is 1. The molecule has 1 aliphatic heterocycles. The Morgan fingerprint density at radius 3 is 2.07 bits per heavy atom. The van der Waals surface area contributed by atoms with Crippen LogP contribution >= 0.6 is 0 Å². The topological polar surface area (TPSA) is 100 Å². The summed E-state index contributed by atoms with van der Waals surface area (Å²) in [4.78, 5) is 25.2. The molecular weight excluding hydrogens is 387 g/mol. The monoisotopic (exact) mass is 422 g/mol. The Kier molecular flexibility index (Phi) is 7.96. The molecule has 0 aliphatic carbocycles. The van der Waals surface area contributed by atoms with Crippen LogP contribution in [0.3, 0.4) is 0 Å². The van der Waals surface area contributed by atoms with Crippen molar-refractivity contribution < 1.29 is 28.4 Å². The van der Waals surface area contributed by atoms with Gasteiger partial charge in [0.25, 0.3) is 0 Å². The Bertz CT molecular complexity index is 733. The molecule has 9 heteroatoms. The Balaban J connectivity index is 3.28. The number of hydrogen-bond donors (Lipinski definition) is 1. The summed E-state index contributed by atoms with van der Waals surface area (Å²) in [6.45, 7) is 18.2. The van der Waals surface area contributed by atoms with E-state index in [1.54, 1.807) is 26.8 Å². The molecule has 1 aliphatic rings. The van der Waals surface area contributed by atoms with E-state index in [-0.39, 0.29) is 6.61 Å². The first-order valence-corrected chi connectivity index (χ1v) is 9.78. The van der Waals surface area contributed by atoms with Gasteiger partial charge in [0.2, 0.25) is 0 Å². The van der Waals surface area contributed by atoms with Crippen molar-refractivity contribution in [3.63, 3.8) is 0 Å². The van der Waals surface area contributed by atoms with Crippen LogP contribution in [0.15, 0.2) is 35.6 Å². The fraction of sp³-hybridized carbons (Fsp3) is 0.619. The Morgan fingerprint density at radius 2 is 1.67 bits per heavy atom. The molecule has 1 amide bonds. The number of rotatable bonds is 6. The molecule has 2 N–H and O–H groups in total. The van der Waals surface area contributed by atoms with E-state index < -0.39 is 36.0 Å². The van der Waals surface area contributed by atoms with Crippen LogP contribution < -0.4 is 5.73 Å². The second-order valence-corrected chi connectivity index (χ2v) is 9.21. The highest BCUT2D eigenvalue weighted by molar-refractivity contribution is 6.55. The zero-order valence-corrected chi connectivity index (χ0v) is 19.6. The second-order valence-electron chi connectivity index (χ2n) is 9.21. The fourth-order valence-electron chi connectivity index (χ4n) is 2.46. The lowest BCUT2D eigenvalue weighted by Crippen LogP contribution is -2.41. The number of esters is 1. The Labute approximate surface area is 180 Å². The summed E-state index contributed by atoms with van der Waals surface area (Å²) in [7, 11) is 0.792. The molecule has 0 atom stereocenters. The summed E-state index contributed by atoms with van der Waals surface area (Å²) in [5, 5.41) is 0. The summed E-state index contributed by atoms with van der Waals surface area (Å²) in [5.74, 6) is -0.462. The first-order valence-electron chi connectivity index (χ1n) is 9.78. The van der Waals surface area contributed by atoms with Gasteiger partial charge >= 0.3 is 19.2 Å². The van der Waals surface area contributed by atoms with Crippen molar-refractivity contribution in [2.24, 2.45) is 5.73 Å². The quantitative estimate of drug-likeness (QED) is 0.398. The van der Waals surface area contributed by atoms with Crippen LogP contribution in [0.25, 0.3) is 0 Å². The van der Waals surface area contributed by atoms with Gasteiger partial charge in [-0.25, -0.2) is 4.79 Å². The molecule has 0 aromatic carbocycles. The number of nitrogens with two attached hydrogens (primary N) is 1. The molecule has 1 heterocycles. The predicted octanol–water partition coefficient (Wildman–Crippen LogP) is 3.33. The Morgan fingerprint density at radius 1 is 1.17 bits per heavy atom. The van der Waals surface area contributed by atoms with E-state index in [4.69, 9.17) is 24.5 Å². The molecule has 30 heavy (non-hydrogen) atoms. The van der Waals surface area contributed by atoms with Crippen molar-refractivity contribution in [1.29, 1.82) is 0 Å². The molecule has 0 bridgehead atoms. The molecule has 0 radical (unpaired) electrons. The molecule has 168 valence electrons. The van der Waals surface area contributed by atoms with Crippen LogP contribution in [0.1, 0.15) is 55.4 Å². The van der Waals surface area contributed by atoms with Gasteiger partial charge in [-0.15, -0.1) is 0 Å². The van der Waals surface area contributed by atoms with Crippen molar-refractivity contribution in [2.75, 3.05) is 13.7 Å². The van der Waals surface area contributed by atoms with Gasteiger partial charge in [0.1, 0.15) is 12.2 Å². The van der Waals surface area contributed by atoms with Crippen LogP contribution in [0, 0.1) is 0 Å². The van der Waals surface area contributed by atoms with E-state index in [0.29, 0.717) is 16.7 Å². The number of amides is 1. The third kappa shape index (κ3) is 6.63. The SMILES string of the molecule is C=C(COC(C)=O)/C(=C\C(=C/N)B1OC(C)(C)C(C)(C)O1)N(C)C(=O)OC(C)(C)C. The maximum atomic E-state index is 12.6. The number of ether oxygens (including phenoxy) is 2. The standard InChI is InChI=1S/C21H35BN2O6/c1-14(13-27-15(2)25)17(24(10)18(26)28-19(3,4)5)11-16(12-23)22-29-20(6,7)21(8,9)30-22/h11-12H,1,13,23H2,2-10H3/b16-12+,17-11+. The van der Waals surface area contributed by atoms with Crippen LogP contribution in [-0.4, -0.2) is 54.5 Å². The maximum absolute atomic E-state index is 12.6. The summed E-state index contributed by atoms with van der Waals surface area (Å²) in [5.41, 5.74) is 5.28. The average molecular weight is 422 g/mol. The number of nitrogens with zero attached hydrogens (tertiary/aromatic N) is 1. The van der Waals surface area contributed by atoms with E-state index in [0.717, 1.165) is 0 Å². The maximum Gasteiger partial charge on any atom is 0.496 e. The van der Waals surface area contributed by atoms with Gasteiger partial charge in [0.15, 0.2) is 0 Å². The third-order valence-electron chi connectivity index (χ3n) is 4.86. The zero-order chi connectivity index (χ0) is 23.5. The molecule has 1 saturated heterocycles. The molecular formula is C21H35BN2O6. The average Bonchev–Trinajstić information content (AvgIpc) is 2.79.